The molecule has 2 aromatic rings. The van der Waals surface area contributed by atoms with E-state index in [9.17, 15) is 4.79 Å². The molecule has 5 nitrogen and oxygen atoms in total. The van der Waals surface area contributed by atoms with Gasteiger partial charge in [-0.05, 0) is 31.2 Å². The fourth-order valence-corrected chi connectivity index (χ4v) is 3.10. The van der Waals surface area contributed by atoms with Crippen molar-refractivity contribution in [3.05, 3.63) is 59.2 Å². The van der Waals surface area contributed by atoms with E-state index in [1.54, 1.807) is 11.0 Å². The van der Waals surface area contributed by atoms with Crippen molar-refractivity contribution in [2.24, 2.45) is 0 Å². The van der Waals surface area contributed by atoms with Crippen LogP contribution in [0.1, 0.15) is 37.3 Å². The second-order valence-corrected chi connectivity index (χ2v) is 6.10. The summed E-state index contributed by atoms with van der Waals surface area (Å²) in [5.41, 5.74) is 1.75. The van der Waals surface area contributed by atoms with Gasteiger partial charge >= 0.3 is 0 Å². The van der Waals surface area contributed by atoms with Crippen LogP contribution in [0.3, 0.4) is 0 Å². The van der Waals surface area contributed by atoms with Gasteiger partial charge in [-0.2, -0.15) is 5.10 Å². The predicted molar refractivity (Wildman–Crippen MR) is 88.7 cm³/mol. The van der Waals surface area contributed by atoms with Gasteiger partial charge in [-0.15, -0.1) is 0 Å². The van der Waals surface area contributed by atoms with E-state index >= 15 is 0 Å². The Kier molecular flexibility index (Phi) is 5.08. The highest BCUT2D eigenvalue weighted by Gasteiger charge is 2.22. The first-order valence-corrected chi connectivity index (χ1v) is 8.17. The zero-order valence-electron chi connectivity index (χ0n) is 12.8. The van der Waals surface area contributed by atoms with Gasteiger partial charge < -0.3 is 5.32 Å². The van der Waals surface area contributed by atoms with Crippen LogP contribution < -0.4 is 5.32 Å². The number of benzene rings is 1. The maximum absolute atomic E-state index is 12.6. The average Bonchev–Trinajstić information content (AvgIpc) is 3.08. The standard InChI is InChI=1S/C17H19ClN4O/c18-15-9-5-4-8-14(15)17(23)21-16(10-22-12-19-11-20-22)13-6-2-1-3-7-13/h1-3,6-7,11-12,16H,4-5,8-10H2,(H,21,23). The fourth-order valence-electron chi connectivity index (χ4n) is 2.78. The molecule has 0 spiro atoms. The lowest BCUT2D eigenvalue weighted by molar-refractivity contribution is -0.118. The molecule has 23 heavy (non-hydrogen) atoms. The number of carbonyl (C=O) groups excluding carboxylic acids is 1. The molecule has 1 heterocycles. The van der Waals surface area contributed by atoms with E-state index in [0.29, 0.717) is 11.6 Å². The van der Waals surface area contributed by atoms with Gasteiger partial charge in [0.2, 0.25) is 5.91 Å². The lowest BCUT2D eigenvalue weighted by Crippen LogP contribution is -2.33. The lowest BCUT2D eigenvalue weighted by atomic mass is 9.98. The van der Waals surface area contributed by atoms with Crippen LogP contribution in [0.15, 0.2) is 53.6 Å². The predicted octanol–water partition coefficient (Wildman–Crippen LogP) is 3.20. The topological polar surface area (TPSA) is 59.8 Å². The molecule has 1 atom stereocenters. The lowest BCUT2D eigenvalue weighted by Gasteiger charge is -2.22. The van der Waals surface area contributed by atoms with Crippen LogP contribution in [0.2, 0.25) is 0 Å². The van der Waals surface area contributed by atoms with Crippen LogP contribution in [0, 0.1) is 0 Å². The molecule has 1 unspecified atom stereocenters. The number of halogens is 1. The Morgan fingerprint density at radius 3 is 2.74 bits per heavy atom. The molecule has 0 aliphatic heterocycles. The van der Waals surface area contributed by atoms with Crippen molar-refractivity contribution in [3.8, 4) is 0 Å². The zero-order valence-corrected chi connectivity index (χ0v) is 13.5. The van der Waals surface area contributed by atoms with E-state index in [0.717, 1.165) is 36.8 Å². The third kappa shape index (κ3) is 3.99. The van der Waals surface area contributed by atoms with Crippen molar-refractivity contribution in [1.82, 2.24) is 20.1 Å². The molecule has 1 aliphatic rings. The van der Waals surface area contributed by atoms with Crippen LogP contribution in [0.25, 0.3) is 0 Å². The van der Waals surface area contributed by atoms with Gasteiger partial charge in [0.1, 0.15) is 12.7 Å². The Morgan fingerprint density at radius 1 is 1.26 bits per heavy atom. The maximum Gasteiger partial charge on any atom is 0.248 e. The number of aromatic nitrogens is 3. The summed E-state index contributed by atoms with van der Waals surface area (Å²) >= 11 is 6.24. The van der Waals surface area contributed by atoms with E-state index in [2.05, 4.69) is 15.4 Å². The van der Waals surface area contributed by atoms with Crippen LogP contribution in [0.5, 0.6) is 0 Å². The smallest absolute Gasteiger partial charge is 0.248 e. The van der Waals surface area contributed by atoms with Crippen molar-refractivity contribution in [2.45, 2.75) is 38.3 Å². The van der Waals surface area contributed by atoms with E-state index in [-0.39, 0.29) is 11.9 Å². The summed E-state index contributed by atoms with van der Waals surface area (Å²) in [4.78, 5) is 16.6. The fraction of sp³-hybridized carbons (Fsp3) is 0.353. The molecule has 6 heteroatoms. The number of hydrogen-bond acceptors (Lipinski definition) is 3. The highest BCUT2D eigenvalue weighted by Crippen LogP contribution is 2.28. The minimum absolute atomic E-state index is 0.0799. The Morgan fingerprint density at radius 2 is 2.04 bits per heavy atom. The summed E-state index contributed by atoms with van der Waals surface area (Å²) in [5.74, 6) is -0.0799. The molecule has 1 N–H and O–H groups in total. The number of nitrogens with one attached hydrogen (secondary N) is 1. The molecule has 120 valence electrons. The van der Waals surface area contributed by atoms with E-state index in [1.165, 1.54) is 6.33 Å². The van der Waals surface area contributed by atoms with Crippen LogP contribution in [-0.4, -0.2) is 20.7 Å². The summed E-state index contributed by atoms with van der Waals surface area (Å²) in [5, 5.41) is 7.93. The minimum atomic E-state index is -0.177. The third-order valence-electron chi connectivity index (χ3n) is 4.02. The van der Waals surface area contributed by atoms with Gasteiger partial charge in [-0.3, -0.25) is 9.48 Å². The second-order valence-electron chi connectivity index (χ2n) is 5.64. The summed E-state index contributed by atoms with van der Waals surface area (Å²) in [6.07, 6.45) is 6.74. The third-order valence-corrected chi connectivity index (χ3v) is 4.44. The monoisotopic (exact) mass is 330 g/mol. The molecule has 1 aromatic heterocycles. The Labute approximate surface area is 140 Å². The molecule has 0 bridgehead atoms. The zero-order chi connectivity index (χ0) is 16.1. The summed E-state index contributed by atoms with van der Waals surface area (Å²) in [6, 6.07) is 9.70. The molecule has 0 radical (unpaired) electrons. The van der Waals surface area contributed by atoms with Crippen LogP contribution >= 0.6 is 11.6 Å². The first-order chi connectivity index (χ1) is 11.2. The van der Waals surface area contributed by atoms with Gasteiger partial charge in [0.25, 0.3) is 0 Å². The van der Waals surface area contributed by atoms with Gasteiger partial charge in [-0.25, -0.2) is 4.98 Å². The molecular weight excluding hydrogens is 312 g/mol. The van der Waals surface area contributed by atoms with Gasteiger partial charge in [0.15, 0.2) is 0 Å². The Balaban J connectivity index is 1.79. The van der Waals surface area contributed by atoms with E-state index in [4.69, 9.17) is 11.6 Å². The van der Waals surface area contributed by atoms with Crippen molar-refractivity contribution in [3.63, 3.8) is 0 Å². The molecule has 0 fully saturated rings. The molecule has 1 amide bonds. The first-order valence-electron chi connectivity index (χ1n) is 7.80. The number of rotatable bonds is 5. The Hall–Kier alpha value is -2.14. The second kappa shape index (κ2) is 7.42. The average molecular weight is 331 g/mol. The van der Waals surface area contributed by atoms with Gasteiger partial charge in [0.05, 0.1) is 12.6 Å². The van der Waals surface area contributed by atoms with E-state index in [1.807, 2.05) is 30.3 Å². The highest BCUT2D eigenvalue weighted by atomic mass is 35.5. The maximum atomic E-state index is 12.6. The van der Waals surface area contributed by atoms with Crippen LogP contribution in [-0.2, 0) is 11.3 Å². The quantitative estimate of drug-likeness (QED) is 0.915. The SMILES string of the molecule is O=C(NC(Cn1cncn1)c1ccccc1)C1=C(Cl)CCCC1. The minimum Gasteiger partial charge on any atom is -0.344 e. The molecule has 1 aliphatic carbocycles. The number of carbonyl (C=O) groups is 1. The van der Waals surface area contributed by atoms with E-state index < -0.39 is 0 Å². The molecular formula is C17H19ClN4O. The van der Waals surface area contributed by atoms with Crippen molar-refractivity contribution in [1.29, 1.82) is 0 Å². The molecule has 3 rings (SSSR count). The molecule has 1 aromatic carbocycles. The van der Waals surface area contributed by atoms with Crippen molar-refractivity contribution in [2.75, 3.05) is 0 Å². The largest absolute Gasteiger partial charge is 0.344 e. The number of allylic oxidation sites excluding steroid dienone is 1. The van der Waals surface area contributed by atoms with Crippen molar-refractivity contribution < 1.29 is 4.79 Å². The number of hydrogen-bond donors (Lipinski definition) is 1. The number of nitrogens with zero attached hydrogens (tertiary/aromatic N) is 3. The van der Waals surface area contributed by atoms with Gasteiger partial charge in [-0.1, -0.05) is 41.9 Å². The normalized spacial score (nSPS) is 16.2. The summed E-state index contributed by atoms with van der Waals surface area (Å²) < 4.78 is 1.72. The van der Waals surface area contributed by atoms with Gasteiger partial charge in [0, 0.05) is 10.6 Å². The number of amides is 1. The van der Waals surface area contributed by atoms with Crippen molar-refractivity contribution >= 4 is 17.5 Å². The summed E-state index contributed by atoms with van der Waals surface area (Å²) in [6.45, 7) is 0.528. The Bertz CT molecular complexity index is 682. The molecule has 0 saturated heterocycles. The van der Waals surface area contributed by atoms with Crippen LogP contribution in [0.4, 0.5) is 0 Å². The summed E-state index contributed by atoms with van der Waals surface area (Å²) in [7, 11) is 0. The first kappa shape index (κ1) is 15.7. The molecule has 0 saturated carbocycles. The highest BCUT2D eigenvalue weighted by molar-refractivity contribution is 6.32.